The Hall–Kier alpha value is -1.26. The summed E-state index contributed by atoms with van der Waals surface area (Å²) in [5.74, 6) is -0.339. The van der Waals surface area contributed by atoms with E-state index in [1.165, 1.54) is 25.8 Å². The summed E-state index contributed by atoms with van der Waals surface area (Å²) >= 11 is 0. The molecule has 0 atom stereocenters. The summed E-state index contributed by atoms with van der Waals surface area (Å²) in [6.07, 6.45) is 3.14. The van der Waals surface area contributed by atoms with Crippen molar-refractivity contribution in [2.75, 3.05) is 13.6 Å². The zero-order valence-corrected chi connectivity index (χ0v) is 12.1. The molecule has 0 fully saturated rings. The molecule has 0 unspecified atom stereocenters. The van der Waals surface area contributed by atoms with Crippen molar-refractivity contribution in [2.45, 2.75) is 52.5 Å². The van der Waals surface area contributed by atoms with Crippen LogP contribution in [0.1, 0.15) is 47.0 Å². The molecule has 0 saturated carbocycles. The first-order valence-corrected chi connectivity index (χ1v) is 6.44. The number of unbranched alkanes of at least 4 members (excludes halogenated alkanes) is 1. The van der Waals surface area contributed by atoms with E-state index in [1.807, 2.05) is 0 Å². The van der Waals surface area contributed by atoms with E-state index in [0.29, 0.717) is 12.5 Å². The molecule has 18 heavy (non-hydrogen) atoms. The second-order valence-corrected chi connectivity index (χ2v) is 5.54. The topological polar surface area (TPSA) is 69.6 Å². The lowest BCUT2D eigenvalue weighted by Crippen LogP contribution is -2.54. The second-order valence-electron chi connectivity index (χ2n) is 5.54. The van der Waals surface area contributed by atoms with E-state index >= 15 is 0 Å². The van der Waals surface area contributed by atoms with Gasteiger partial charge in [0.25, 0.3) is 0 Å². The van der Waals surface area contributed by atoms with Gasteiger partial charge in [-0.25, -0.2) is 9.59 Å². The van der Waals surface area contributed by atoms with E-state index < -0.39 is 11.5 Å². The van der Waals surface area contributed by atoms with Crippen molar-refractivity contribution in [1.29, 1.82) is 0 Å². The third-order valence-electron chi connectivity index (χ3n) is 3.15. The Morgan fingerprint density at radius 3 is 2.28 bits per heavy atom. The molecule has 0 rings (SSSR count). The van der Waals surface area contributed by atoms with Crippen LogP contribution in [0, 0.1) is 5.92 Å². The fourth-order valence-electron chi connectivity index (χ4n) is 1.39. The molecule has 5 heteroatoms. The number of hydrogen-bond donors (Lipinski definition) is 2. The summed E-state index contributed by atoms with van der Waals surface area (Å²) in [5, 5.41) is 11.8. The van der Waals surface area contributed by atoms with Crippen molar-refractivity contribution < 1.29 is 14.7 Å². The van der Waals surface area contributed by atoms with Crippen LogP contribution in [0.25, 0.3) is 0 Å². The number of carboxylic acids is 1. The summed E-state index contributed by atoms with van der Waals surface area (Å²) in [5.41, 5.74) is -1.19. The number of amides is 2. The van der Waals surface area contributed by atoms with Crippen LogP contribution in [0.15, 0.2) is 0 Å². The Morgan fingerprint density at radius 1 is 1.28 bits per heavy atom. The Balaban J connectivity index is 3.99. The average molecular weight is 258 g/mol. The quantitative estimate of drug-likeness (QED) is 0.688. The van der Waals surface area contributed by atoms with Gasteiger partial charge in [-0.3, -0.25) is 0 Å². The van der Waals surface area contributed by atoms with E-state index in [2.05, 4.69) is 19.2 Å². The normalized spacial score (nSPS) is 11.4. The largest absolute Gasteiger partial charge is 0.480 e. The molecular formula is C13H26N2O3. The summed E-state index contributed by atoms with van der Waals surface area (Å²) in [7, 11) is 1.50. The molecule has 0 aromatic carbocycles. The predicted octanol–water partition coefficient (Wildman–Crippen LogP) is 2.32. The first-order valence-electron chi connectivity index (χ1n) is 6.44. The third-order valence-corrected chi connectivity index (χ3v) is 3.15. The Morgan fingerprint density at radius 2 is 1.83 bits per heavy atom. The van der Waals surface area contributed by atoms with Gasteiger partial charge in [0.1, 0.15) is 5.54 Å². The van der Waals surface area contributed by atoms with Crippen molar-refractivity contribution in [2.24, 2.45) is 5.92 Å². The van der Waals surface area contributed by atoms with Crippen LogP contribution in [0.3, 0.4) is 0 Å². The zero-order chi connectivity index (χ0) is 14.3. The van der Waals surface area contributed by atoms with E-state index in [-0.39, 0.29) is 6.03 Å². The molecule has 106 valence electrons. The number of nitrogens with zero attached hydrogens (tertiary/aromatic N) is 1. The summed E-state index contributed by atoms with van der Waals surface area (Å²) in [6, 6.07) is -0.341. The minimum Gasteiger partial charge on any atom is -0.480 e. The Kier molecular flexibility index (Phi) is 6.73. The lowest BCUT2D eigenvalue weighted by molar-refractivity contribution is -0.146. The lowest BCUT2D eigenvalue weighted by atomic mass is 10.0. The van der Waals surface area contributed by atoms with E-state index in [4.69, 9.17) is 5.11 Å². The summed E-state index contributed by atoms with van der Waals surface area (Å²) in [6.45, 7) is 7.94. The number of urea groups is 1. The molecule has 0 radical (unpaired) electrons. The fourth-order valence-corrected chi connectivity index (χ4v) is 1.39. The first-order chi connectivity index (χ1) is 8.19. The maximum Gasteiger partial charge on any atom is 0.329 e. The van der Waals surface area contributed by atoms with Gasteiger partial charge in [0, 0.05) is 13.6 Å². The van der Waals surface area contributed by atoms with Gasteiger partial charge >= 0.3 is 12.0 Å². The number of carbonyl (C=O) groups excluding carboxylic acids is 1. The molecule has 0 heterocycles. The minimum atomic E-state index is -1.19. The number of aliphatic carboxylic acids is 1. The Labute approximate surface area is 110 Å². The first kappa shape index (κ1) is 16.7. The number of carbonyl (C=O) groups is 2. The number of rotatable bonds is 7. The van der Waals surface area contributed by atoms with Gasteiger partial charge in [-0.1, -0.05) is 26.7 Å². The maximum atomic E-state index is 11.7. The lowest BCUT2D eigenvalue weighted by Gasteiger charge is -2.31. The van der Waals surface area contributed by atoms with Gasteiger partial charge in [-0.2, -0.15) is 0 Å². The van der Waals surface area contributed by atoms with Crippen LogP contribution in [0.5, 0.6) is 0 Å². The highest BCUT2D eigenvalue weighted by Gasteiger charge is 2.34. The molecule has 5 nitrogen and oxygen atoms in total. The van der Waals surface area contributed by atoms with E-state index in [0.717, 1.165) is 19.3 Å². The van der Waals surface area contributed by atoms with E-state index in [9.17, 15) is 9.59 Å². The van der Waals surface area contributed by atoms with Gasteiger partial charge in [-0.15, -0.1) is 0 Å². The zero-order valence-electron chi connectivity index (χ0n) is 12.1. The molecule has 0 aliphatic carbocycles. The molecule has 0 aliphatic rings. The number of carboxylic acid groups (broad SMARTS) is 1. The molecule has 0 aromatic heterocycles. The van der Waals surface area contributed by atoms with Crippen LogP contribution in [0.4, 0.5) is 4.79 Å². The molecule has 0 aliphatic heterocycles. The molecule has 2 amide bonds. The highest BCUT2D eigenvalue weighted by Crippen LogP contribution is 2.12. The highest BCUT2D eigenvalue weighted by atomic mass is 16.4. The molecule has 0 saturated heterocycles. The molecule has 0 spiro atoms. The van der Waals surface area contributed by atoms with Crippen molar-refractivity contribution in [3.8, 4) is 0 Å². The number of hydrogen-bond acceptors (Lipinski definition) is 2. The number of likely N-dealkylation sites (N-methyl/N-ethyl adjacent to an activating group) is 1. The van der Waals surface area contributed by atoms with Gasteiger partial charge in [0.2, 0.25) is 0 Å². The van der Waals surface area contributed by atoms with Crippen LogP contribution >= 0.6 is 0 Å². The Bertz CT molecular complexity index is 288. The van der Waals surface area contributed by atoms with Crippen LogP contribution in [-0.4, -0.2) is 41.1 Å². The second kappa shape index (κ2) is 7.24. The SMILES string of the molecule is CC(C)CCCCNC(=O)N(C)C(C)(C)C(=O)O. The highest BCUT2D eigenvalue weighted by molar-refractivity contribution is 5.85. The van der Waals surface area contributed by atoms with Crippen LogP contribution in [-0.2, 0) is 4.79 Å². The van der Waals surface area contributed by atoms with Crippen molar-refractivity contribution in [1.82, 2.24) is 10.2 Å². The van der Waals surface area contributed by atoms with Gasteiger partial charge in [-0.05, 0) is 26.2 Å². The summed E-state index contributed by atoms with van der Waals surface area (Å²) in [4.78, 5) is 24.0. The van der Waals surface area contributed by atoms with Crippen molar-refractivity contribution >= 4 is 12.0 Å². The molecular weight excluding hydrogens is 232 g/mol. The third kappa shape index (κ3) is 5.38. The van der Waals surface area contributed by atoms with E-state index in [1.54, 1.807) is 0 Å². The number of nitrogens with one attached hydrogen (secondary N) is 1. The standard InChI is InChI=1S/C13H26N2O3/c1-10(2)8-6-7-9-14-12(18)15(5)13(3,4)11(16)17/h10H,6-9H2,1-5H3,(H,14,18)(H,16,17). The summed E-state index contributed by atoms with van der Waals surface area (Å²) < 4.78 is 0. The minimum absolute atomic E-state index is 0.341. The molecule has 0 aromatic rings. The molecule has 2 N–H and O–H groups in total. The monoisotopic (exact) mass is 258 g/mol. The van der Waals surface area contributed by atoms with Crippen molar-refractivity contribution in [3.05, 3.63) is 0 Å². The van der Waals surface area contributed by atoms with Crippen molar-refractivity contribution in [3.63, 3.8) is 0 Å². The van der Waals surface area contributed by atoms with Crippen LogP contribution < -0.4 is 5.32 Å². The predicted molar refractivity (Wildman–Crippen MR) is 71.6 cm³/mol. The maximum absolute atomic E-state index is 11.7. The smallest absolute Gasteiger partial charge is 0.329 e. The van der Waals surface area contributed by atoms with Gasteiger partial charge in [0.05, 0.1) is 0 Å². The molecule has 0 bridgehead atoms. The van der Waals surface area contributed by atoms with Crippen LogP contribution in [0.2, 0.25) is 0 Å². The van der Waals surface area contributed by atoms with Gasteiger partial charge in [0.15, 0.2) is 0 Å². The average Bonchev–Trinajstić information content (AvgIpc) is 2.26. The van der Waals surface area contributed by atoms with Gasteiger partial charge < -0.3 is 15.3 Å². The fraction of sp³-hybridized carbons (Fsp3) is 0.846.